The number of Topliss-reactive ketones (excluding diaryl/α,β-unsaturated/α-hetero) is 1. The van der Waals surface area contributed by atoms with Crippen molar-refractivity contribution in [3.8, 4) is 11.8 Å². The van der Waals surface area contributed by atoms with Crippen LogP contribution in [0.5, 0.6) is 0 Å². The van der Waals surface area contributed by atoms with Gasteiger partial charge >= 0.3 is 0 Å². The molecule has 0 fully saturated rings. The summed E-state index contributed by atoms with van der Waals surface area (Å²) < 4.78 is 0. The molecule has 2 aromatic carbocycles. The number of benzene rings is 2. The van der Waals surface area contributed by atoms with Gasteiger partial charge in [-0.15, -0.1) is 0 Å². The van der Waals surface area contributed by atoms with Crippen molar-refractivity contribution in [2.45, 2.75) is 6.42 Å². The molecule has 0 bridgehead atoms. The van der Waals surface area contributed by atoms with Gasteiger partial charge in [0.05, 0.1) is 5.02 Å². The number of halogens is 1. The zero-order chi connectivity index (χ0) is 12.8. The van der Waals surface area contributed by atoms with Gasteiger partial charge in [0.2, 0.25) is 5.78 Å². The van der Waals surface area contributed by atoms with Crippen LogP contribution in [0.15, 0.2) is 54.6 Å². The van der Waals surface area contributed by atoms with Crippen LogP contribution in [0.2, 0.25) is 5.02 Å². The lowest BCUT2D eigenvalue weighted by Crippen LogP contribution is -1.98. The molecule has 18 heavy (non-hydrogen) atoms. The number of hydrogen-bond donors (Lipinski definition) is 0. The van der Waals surface area contributed by atoms with E-state index in [9.17, 15) is 4.79 Å². The summed E-state index contributed by atoms with van der Waals surface area (Å²) in [4.78, 5) is 11.7. The molecule has 0 saturated heterocycles. The van der Waals surface area contributed by atoms with E-state index in [0.717, 1.165) is 5.56 Å². The van der Waals surface area contributed by atoms with E-state index >= 15 is 0 Å². The summed E-state index contributed by atoms with van der Waals surface area (Å²) in [6.45, 7) is 0. The molecule has 0 N–H and O–H groups in total. The van der Waals surface area contributed by atoms with E-state index < -0.39 is 0 Å². The maximum atomic E-state index is 11.7. The van der Waals surface area contributed by atoms with Crippen LogP contribution >= 0.6 is 11.6 Å². The maximum Gasteiger partial charge on any atom is 0.210 e. The Hall–Kier alpha value is -2.04. The van der Waals surface area contributed by atoms with E-state index in [0.29, 0.717) is 17.0 Å². The smallest absolute Gasteiger partial charge is 0.210 e. The molecular formula is C16H11ClO. The van der Waals surface area contributed by atoms with Crippen LogP contribution in [0, 0.1) is 11.8 Å². The van der Waals surface area contributed by atoms with Crippen molar-refractivity contribution in [3.63, 3.8) is 0 Å². The Labute approximate surface area is 111 Å². The number of carbonyl (C=O) groups excluding carboxylic acids is 1. The predicted octanol–water partition coefficient (Wildman–Crippen LogP) is 3.50. The van der Waals surface area contributed by atoms with E-state index in [1.165, 1.54) is 0 Å². The molecule has 0 aliphatic rings. The Morgan fingerprint density at radius 2 is 1.67 bits per heavy atom. The van der Waals surface area contributed by atoms with Crippen molar-refractivity contribution >= 4 is 17.4 Å². The summed E-state index contributed by atoms with van der Waals surface area (Å²) in [7, 11) is 0. The molecule has 0 aliphatic carbocycles. The molecule has 1 nitrogen and oxygen atoms in total. The Balaban J connectivity index is 2.07. The number of hydrogen-bond acceptors (Lipinski definition) is 1. The SMILES string of the molecule is O=C(C#Cc1ccccc1Cl)Cc1ccccc1. The molecule has 0 unspecified atom stereocenters. The fraction of sp³-hybridized carbons (Fsp3) is 0.0625. The maximum absolute atomic E-state index is 11.7. The molecule has 0 atom stereocenters. The van der Waals surface area contributed by atoms with Gasteiger partial charge in [-0.1, -0.05) is 60.0 Å². The molecule has 0 aromatic heterocycles. The van der Waals surface area contributed by atoms with Crippen LogP contribution in [-0.4, -0.2) is 5.78 Å². The first-order valence-electron chi connectivity index (χ1n) is 5.59. The summed E-state index contributed by atoms with van der Waals surface area (Å²) in [6.07, 6.45) is 0.332. The molecule has 0 aliphatic heterocycles. The molecule has 0 heterocycles. The van der Waals surface area contributed by atoms with Crippen LogP contribution in [0.4, 0.5) is 0 Å². The molecule has 2 rings (SSSR count). The van der Waals surface area contributed by atoms with Gasteiger partial charge in [-0.2, -0.15) is 0 Å². The molecule has 0 spiro atoms. The Morgan fingerprint density at radius 1 is 1.00 bits per heavy atom. The highest BCUT2D eigenvalue weighted by atomic mass is 35.5. The van der Waals surface area contributed by atoms with E-state index in [2.05, 4.69) is 11.8 Å². The number of rotatable bonds is 2. The fourth-order valence-corrected chi connectivity index (χ4v) is 1.71. The van der Waals surface area contributed by atoms with E-state index in [-0.39, 0.29) is 5.78 Å². The first-order chi connectivity index (χ1) is 8.75. The fourth-order valence-electron chi connectivity index (χ4n) is 1.53. The van der Waals surface area contributed by atoms with E-state index in [4.69, 9.17) is 11.6 Å². The third-order valence-corrected chi connectivity index (χ3v) is 2.75. The van der Waals surface area contributed by atoms with Crippen molar-refractivity contribution in [2.24, 2.45) is 0 Å². The van der Waals surface area contributed by atoms with Gasteiger partial charge in [0.1, 0.15) is 0 Å². The summed E-state index contributed by atoms with van der Waals surface area (Å²) in [6, 6.07) is 16.8. The highest BCUT2D eigenvalue weighted by molar-refractivity contribution is 6.31. The first kappa shape index (κ1) is 12.4. The molecule has 2 aromatic rings. The number of carbonyl (C=O) groups is 1. The Morgan fingerprint density at radius 3 is 2.39 bits per heavy atom. The van der Waals surface area contributed by atoms with Gasteiger partial charge in [0, 0.05) is 12.0 Å². The Kier molecular flexibility index (Phi) is 4.17. The molecular weight excluding hydrogens is 244 g/mol. The summed E-state index contributed by atoms with van der Waals surface area (Å²) in [5.41, 5.74) is 1.65. The minimum atomic E-state index is -0.110. The summed E-state index contributed by atoms with van der Waals surface area (Å²) in [5.74, 6) is 5.31. The van der Waals surface area contributed by atoms with Crippen LogP contribution in [-0.2, 0) is 11.2 Å². The standard InChI is InChI=1S/C16H11ClO/c17-16-9-5-4-8-14(16)10-11-15(18)12-13-6-2-1-3-7-13/h1-9H,12H2. The molecule has 0 amide bonds. The largest absolute Gasteiger partial charge is 0.285 e. The van der Waals surface area contributed by atoms with Gasteiger partial charge < -0.3 is 0 Å². The monoisotopic (exact) mass is 254 g/mol. The quantitative estimate of drug-likeness (QED) is 0.750. The lowest BCUT2D eigenvalue weighted by Gasteiger charge is -1.95. The molecule has 88 valence electrons. The van der Waals surface area contributed by atoms with E-state index in [1.54, 1.807) is 12.1 Å². The highest BCUT2D eigenvalue weighted by Gasteiger charge is 1.99. The molecule has 0 radical (unpaired) electrons. The van der Waals surface area contributed by atoms with Gasteiger partial charge in [-0.3, -0.25) is 4.79 Å². The van der Waals surface area contributed by atoms with Crippen molar-refractivity contribution in [1.82, 2.24) is 0 Å². The second-order valence-electron chi connectivity index (χ2n) is 3.82. The molecule has 2 heteroatoms. The summed E-state index contributed by atoms with van der Waals surface area (Å²) >= 11 is 5.95. The normalized spacial score (nSPS) is 9.39. The highest BCUT2D eigenvalue weighted by Crippen LogP contribution is 2.13. The lowest BCUT2D eigenvalue weighted by molar-refractivity contribution is -0.113. The Bertz CT molecular complexity index is 606. The first-order valence-corrected chi connectivity index (χ1v) is 5.97. The average Bonchev–Trinajstić information content (AvgIpc) is 2.39. The lowest BCUT2D eigenvalue weighted by atomic mass is 10.1. The zero-order valence-corrected chi connectivity index (χ0v) is 10.4. The van der Waals surface area contributed by atoms with Gasteiger partial charge in [-0.05, 0) is 23.6 Å². The van der Waals surface area contributed by atoms with Crippen molar-refractivity contribution < 1.29 is 4.79 Å². The second kappa shape index (κ2) is 6.05. The van der Waals surface area contributed by atoms with Crippen molar-refractivity contribution in [2.75, 3.05) is 0 Å². The number of ketones is 1. The minimum absolute atomic E-state index is 0.110. The summed E-state index contributed by atoms with van der Waals surface area (Å²) in [5, 5.41) is 0.567. The predicted molar refractivity (Wildman–Crippen MR) is 73.5 cm³/mol. The van der Waals surface area contributed by atoms with Crippen LogP contribution < -0.4 is 0 Å². The van der Waals surface area contributed by atoms with Crippen molar-refractivity contribution in [3.05, 3.63) is 70.7 Å². The van der Waals surface area contributed by atoms with Crippen LogP contribution in [0.25, 0.3) is 0 Å². The van der Waals surface area contributed by atoms with Gasteiger partial charge in [0.25, 0.3) is 0 Å². The average molecular weight is 255 g/mol. The third kappa shape index (κ3) is 3.48. The zero-order valence-electron chi connectivity index (χ0n) is 9.69. The van der Waals surface area contributed by atoms with Gasteiger partial charge in [-0.25, -0.2) is 0 Å². The molecule has 0 saturated carbocycles. The third-order valence-electron chi connectivity index (χ3n) is 2.42. The van der Waals surface area contributed by atoms with E-state index in [1.807, 2.05) is 42.5 Å². The minimum Gasteiger partial charge on any atom is -0.285 e. The van der Waals surface area contributed by atoms with Crippen molar-refractivity contribution in [1.29, 1.82) is 0 Å². The van der Waals surface area contributed by atoms with Crippen LogP contribution in [0.3, 0.4) is 0 Å². The second-order valence-corrected chi connectivity index (χ2v) is 4.22. The topological polar surface area (TPSA) is 17.1 Å². The van der Waals surface area contributed by atoms with Gasteiger partial charge in [0.15, 0.2) is 0 Å². The van der Waals surface area contributed by atoms with Crippen LogP contribution in [0.1, 0.15) is 11.1 Å².